The lowest BCUT2D eigenvalue weighted by Crippen LogP contribution is -2.52. The molecule has 0 unspecified atom stereocenters. The molecule has 2 amide bonds. The number of aliphatic carboxylic acids is 1. The van der Waals surface area contributed by atoms with E-state index in [9.17, 15) is 23.9 Å². The fraction of sp³-hybridized carbons (Fsp3) is 0.250. The lowest BCUT2D eigenvalue weighted by Gasteiger charge is -2.22. The van der Waals surface area contributed by atoms with E-state index in [0.717, 1.165) is 0 Å². The molecule has 29 heavy (non-hydrogen) atoms. The number of hydrogen-bond acceptors (Lipinski definition) is 3. The van der Waals surface area contributed by atoms with Crippen molar-refractivity contribution in [3.05, 3.63) is 69.5 Å². The first-order valence-corrected chi connectivity index (χ1v) is 9.41. The lowest BCUT2D eigenvalue weighted by atomic mass is 10.0. The second-order valence-electron chi connectivity index (χ2n) is 6.35. The van der Waals surface area contributed by atoms with E-state index in [1.165, 1.54) is 25.1 Å². The van der Waals surface area contributed by atoms with Crippen molar-refractivity contribution in [3.8, 4) is 0 Å². The Bertz CT molecular complexity index is 903. The van der Waals surface area contributed by atoms with Gasteiger partial charge in [-0.25, -0.2) is 9.18 Å². The normalized spacial score (nSPS) is 12.7. The van der Waals surface area contributed by atoms with Crippen LogP contribution in [0.1, 0.15) is 18.1 Å². The van der Waals surface area contributed by atoms with Gasteiger partial charge in [0.1, 0.15) is 17.9 Å². The van der Waals surface area contributed by atoms with Gasteiger partial charge in [-0.3, -0.25) is 9.59 Å². The van der Waals surface area contributed by atoms with Gasteiger partial charge in [-0.1, -0.05) is 47.5 Å². The lowest BCUT2D eigenvalue weighted by molar-refractivity contribution is -0.142. The third kappa shape index (κ3) is 6.44. The average molecular weight is 441 g/mol. The van der Waals surface area contributed by atoms with Gasteiger partial charge in [0.15, 0.2) is 0 Å². The van der Waals surface area contributed by atoms with Gasteiger partial charge in [-0.05, 0) is 29.3 Å². The van der Waals surface area contributed by atoms with E-state index in [1.54, 1.807) is 24.3 Å². The van der Waals surface area contributed by atoms with Crippen molar-refractivity contribution in [3.63, 3.8) is 0 Å². The zero-order valence-electron chi connectivity index (χ0n) is 15.4. The summed E-state index contributed by atoms with van der Waals surface area (Å²) in [6.07, 6.45) is -0.302. The van der Waals surface area contributed by atoms with Gasteiger partial charge in [-0.2, -0.15) is 0 Å². The molecule has 2 aromatic carbocycles. The summed E-state index contributed by atoms with van der Waals surface area (Å²) in [5.41, 5.74) is 0.580. The Morgan fingerprint density at radius 2 is 1.59 bits per heavy atom. The van der Waals surface area contributed by atoms with E-state index < -0.39 is 35.7 Å². The molecule has 154 valence electrons. The summed E-state index contributed by atoms with van der Waals surface area (Å²) >= 11 is 12.2. The van der Waals surface area contributed by atoms with Gasteiger partial charge in [0, 0.05) is 29.8 Å². The van der Waals surface area contributed by atoms with Crippen LogP contribution in [0.25, 0.3) is 0 Å². The predicted molar refractivity (Wildman–Crippen MR) is 107 cm³/mol. The SMILES string of the molecule is CC(=O)N[C@H](Cc1ccccc1F)C(=O)N[C@@H](Cc1c(Cl)cccc1Cl)C(=O)O. The monoisotopic (exact) mass is 440 g/mol. The Morgan fingerprint density at radius 3 is 2.14 bits per heavy atom. The number of nitrogens with one attached hydrogen (secondary N) is 2. The van der Waals surface area contributed by atoms with Crippen LogP contribution in [0.15, 0.2) is 42.5 Å². The van der Waals surface area contributed by atoms with E-state index in [4.69, 9.17) is 23.2 Å². The minimum Gasteiger partial charge on any atom is -0.480 e. The standard InChI is InChI=1S/C20H19Cl2FN2O4/c1-11(26)24-17(9-12-5-2-3-8-16(12)23)19(27)25-18(20(28)29)10-13-14(21)6-4-7-15(13)22/h2-8,17-18H,9-10H2,1H3,(H,24,26)(H,25,27)(H,28,29)/t17-,18+/m1/s1. The second-order valence-corrected chi connectivity index (χ2v) is 7.17. The van der Waals surface area contributed by atoms with Crippen LogP contribution >= 0.6 is 23.2 Å². The summed E-state index contributed by atoms with van der Waals surface area (Å²) in [6, 6.07) is 8.03. The molecule has 0 fully saturated rings. The maximum atomic E-state index is 14.0. The summed E-state index contributed by atoms with van der Waals surface area (Å²) in [7, 11) is 0. The molecule has 3 N–H and O–H groups in total. The molecule has 2 atom stereocenters. The molecular formula is C20H19Cl2FN2O4. The molecule has 6 nitrogen and oxygen atoms in total. The molecule has 0 aliphatic carbocycles. The summed E-state index contributed by atoms with van der Waals surface area (Å²) < 4.78 is 14.0. The van der Waals surface area contributed by atoms with Gasteiger partial charge in [0.2, 0.25) is 11.8 Å². The molecule has 2 rings (SSSR count). The number of carbonyl (C=O) groups excluding carboxylic acids is 2. The summed E-state index contributed by atoms with van der Waals surface area (Å²) in [6.45, 7) is 1.21. The number of carboxylic acids is 1. The zero-order chi connectivity index (χ0) is 21.6. The first-order valence-electron chi connectivity index (χ1n) is 8.65. The number of carbonyl (C=O) groups is 3. The van der Waals surface area contributed by atoms with E-state index in [-0.39, 0.29) is 28.5 Å². The topological polar surface area (TPSA) is 95.5 Å². The van der Waals surface area contributed by atoms with Crippen LogP contribution in [-0.4, -0.2) is 35.0 Å². The number of hydrogen-bond donors (Lipinski definition) is 3. The average Bonchev–Trinajstić information content (AvgIpc) is 2.64. The van der Waals surface area contributed by atoms with E-state index in [2.05, 4.69) is 10.6 Å². The van der Waals surface area contributed by atoms with Crippen LogP contribution in [0, 0.1) is 5.82 Å². The van der Waals surface area contributed by atoms with E-state index >= 15 is 0 Å². The number of rotatable bonds is 8. The maximum Gasteiger partial charge on any atom is 0.326 e. The Hall–Kier alpha value is -2.64. The first kappa shape index (κ1) is 22.6. The van der Waals surface area contributed by atoms with Crippen LogP contribution in [0.5, 0.6) is 0 Å². The summed E-state index contributed by atoms with van der Waals surface area (Å²) in [4.78, 5) is 35.9. The van der Waals surface area contributed by atoms with Crippen molar-refractivity contribution in [1.82, 2.24) is 10.6 Å². The van der Waals surface area contributed by atoms with Crippen molar-refractivity contribution in [2.75, 3.05) is 0 Å². The third-order valence-electron chi connectivity index (χ3n) is 4.16. The highest BCUT2D eigenvalue weighted by Gasteiger charge is 2.28. The number of benzene rings is 2. The minimum atomic E-state index is -1.35. The summed E-state index contributed by atoms with van der Waals surface area (Å²) in [5, 5.41) is 14.8. The van der Waals surface area contributed by atoms with Crippen molar-refractivity contribution in [1.29, 1.82) is 0 Å². The van der Waals surface area contributed by atoms with Crippen molar-refractivity contribution < 1.29 is 23.9 Å². The molecule has 0 saturated carbocycles. The predicted octanol–water partition coefficient (Wildman–Crippen LogP) is 2.99. The van der Waals surface area contributed by atoms with Gasteiger partial charge in [-0.15, -0.1) is 0 Å². The van der Waals surface area contributed by atoms with Gasteiger partial charge in [0.05, 0.1) is 0 Å². The quantitative estimate of drug-likeness (QED) is 0.587. The van der Waals surface area contributed by atoms with Gasteiger partial charge in [0.25, 0.3) is 0 Å². The largest absolute Gasteiger partial charge is 0.480 e. The zero-order valence-corrected chi connectivity index (χ0v) is 16.9. The van der Waals surface area contributed by atoms with Gasteiger partial charge < -0.3 is 15.7 Å². The Balaban J connectivity index is 2.21. The van der Waals surface area contributed by atoms with Crippen LogP contribution in [0.2, 0.25) is 10.0 Å². The fourth-order valence-corrected chi connectivity index (χ4v) is 3.29. The highest BCUT2D eigenvalue weighted by atomic mass is 35.5. The molecule has 0 saturated heterocycles. The third-order valence-corrected chi connectivity index (χ3v) is 4.87. The van der Waals surface area contributed by atoms with Gasteiger partial charge >= 0.3 is 5.97 Å². The fourth-order valence-electron chi connectivity index (χ4n) is 2.74. The Kier molecular flexibility index (Phi) is 7.99. The van der Waals surface area contributed by atoms with Crippen LogP contribution in [0.4, 0.5) is 4.39 Å². The molecule has 0 heterocycles. The molecule has 0 aromatic heterocycles. The summed E-state index contributed by atoms with van der Waals surface area (Å²) in [5.74, 6) is -3.11. The van der Waals surface area contributed by atoms with E-state index in [0.29, 0.717) is 5.56 Å². The number of amides is 2. The molecule has 0 aliphatic heterocycles. The van der Waals surface area contributed by atoms with Crippen molar-refractivity contribution >= 4 is 41.0 Å². The minimum absolute atomic E-state index is 0.142. The highest BCUT2D eigenvalue weighted by molar-refractivity contribution is 6.36. The molecule has 0 bridgehead atoms. The molecule has 0 spiro atoms. The first-order chi connectivity index (χ1) is 13.7. The highest BCUT2D eigenvalue weighted by Crippen LogP contribution is 2.25. The van der Waals surface area contributed by atoms with Crippen LogP contribution in [-0.2, 0) is 27.2 Å². The van der Waals surface area contributed by atoms with Crippen LogP contribution in [0.3, 0.4) is 0 Å². The molecule has 0 aliphatic rings. The second kappa shape index (κ2) is 10.2. The van der Waals surface area contributed by atoms with E-state index in [1.807, 2.05) is 0 Å². The molecule has 2 aromatic rings. The molecule has 0 radical (unpaired) electrons. The maximum absolute atomic E-state index is 14.0. The molecule has 9 heteroatoms. The van der Waals surface area contributed by atoms with Crippen molar-refractivity contribution in [2.45, 2.75) is 31.8 Å². The van der Waals surface area contributed by atoms with Crippen molar-refractivity contribution in [2.24, 2.45) is 0 Å². The Labute approximate surface area is 177 Å². The number of carboxylic acid groups (broad SMARTS) is 1. The molecular weight excluding hydrogens is 422 g/mol. The number of halogens is 3. The van der Waals surface area contributed by atoms with Crippen LogP contribution < -0.4 is 10.6 Å². The smallest absolute Gasteiger partial charge is 0.326 e. The Morgan fingerprint density at radius 1 is 0.966 bits per heavy atom.